The SMILES string of the molecule is O=C(/C=C/c1ccccc1)C1(C(=O)/C=C/c2ccccc2)CCCC1. The second kappa shape index (κ2) is 7.89. The number of hydrogen-bond donors (Lipinski definition) is 0. The summed E-state index contributed by atoms with van der Waals surface area (Å²) in [7, 11) is 0. The fraction of sp³-hybridized carbons (Fsp3) is 0.217. The first kappa shape index (κ1) is 17.1. The molecule has 0 aromatic heterocycles. The first-order valence-corrected chi connectivity index (χ1v) is 8.76. The van der Waals surface area contributed by atoms with Crippen LogP contribution in [0.3, 0.4) is 0 Å². The van der Waals surface area contributed by atoms with Gasteiger partial charge in [-0.15, -0.1) is 0 Å². The maximum atomic E-state index is 12.9. The molecule has 0 heterocycles. The topological polar surface area (TPSA) is 34.1 Å². The van der Waals surface area contributed by atoms with Crippen LogP contribution in [0.1, 0.15) is 36.8 Å². The molecule has 3 rings (SSSR count). The zero-order valence-corrected chi connectivity index (χ0v) is 14.2. The van der Waals surface area contributed by atoms with Crippen molar-refractivity contribution in [3.8, 4) is 0 Å². The second-order valence-electron chi connectivity index (χ2n) is 6.51. The highest BCUT2D eigenvalue weighted by Gasteiger charge is 2.44. The molecule has 1 fully saturated rings. The molecule has 0 bridgehead atoms. The lowest BCUT2D eigenvalue weighted by molar-refractivity contribution is -0.134. The van der Waals surface area contributed by atoms with Crippen LogP contribution in [0.5, 0.6) is 0 Å². The lowest BCUT2D eigenvalue weighted by Gasteiger charge is -2.22. The van der Waals surface area contributed by atoms with Crippen molar-refractivity contribution in [3.63, 3.8) is 0 Å². The molecule has 0 saturated heterocycles. The van der Waals surface area contributed by atoms with Crippen LogP contribution in [-0.4, -0.2) is 11.6 Å². The minimum Gasteiger partial charge on any atom is -0.294 e. The van der Waals surface area contributed by atoms with Gasteiger partial charge in [0, 0.05) is 0 Å². The Morgan fingerprint density at radius 2 is 1.08 bits per heavy atom. The summed E-state index contributed by atoms with van der Waals surface area (Å²) in [5.41, 5.74) is 1.06. The molecule has 126 valence electrons. The van der Waals surface area contributed by atoms with Crippen LogP contribution in [0.15, 0.2) is 72.8 Å². The molecule has 0 N–H and O–H groups in total. The van der Waals surface area contributed by atoms with Crippen molar-refractivity contribution in [3.05, 3.63) is 83.9 Å². The summed E-state index contributed by atoms with van der Waals surface area (Å²) in [6, 6.07) is 19.4. The summed E-state index contributed by atoms with van der Waals surface area (Å²) in [6.07, 6.45) is 9.90. The molecule has 0 unspecified atom stereocenters. The standard InChI is InChI=1S/C23H22O2/c24-21(15-13-19-9-3-1-4-10-19)23(17-7-8-18-23)22(25)16-14-20-11-5-2-6-12-20/h1-6,9-16H,7-8,17-18H2/b15-13+,16-14+. The largest absolute Gasteiger partial charge is 0.294 e. The van der Waals surface area contributed by atoms with Gasteiger partial charge in [-0.25, -0.2) is 0 Å². The van der Waals surface area contributed by atoms with Crippen molar-refractivity contribution < 1.29 is 9.59 Å². The molecule has 1 aliphatic rings. The fourth-order valence-electron chi connectivity index (χ4n) is 3.38. The Balaban J connectivity index is 1.78. The van der Waals surface area contributed by atoms with Gasteiger partial charge in [-0.2, -0.15) is 0 Å². The molecular formula is C23H22O2. The van der Waals surface area contributed by atoms with Crippen molar-refractivity contribution in [1.29, 1.82) is 0 Å². The van der Waals surface area contributed by atoms with Gasteiger partial charge in [0.15, 0.2) is 11.6 Å². The van der Waals surface area contributed by atoms with Crippen LogP contribution in [0.4, 0.5) is 0 Å². The predicted molar refractivity (Wildman–Crippen MR) is 102 cm³/mol. The van der Waals surface area contributed by atoms with E-state index in [1.807, 2.05) is 60.7 Å². The van der Waals surface area contributed by atoms with Gasteiger partial charge in [0.05, 0.1) is 5.41 Å². The van der Waals surface area contributed by atoms with Crippen molar-refractivity contribution in [1.82, 2.24) is 0 Å². The molecule has 2 heteroatoms. The Labute approximate surface area is 148 Å². The van der Waals surface area contributed by atoms with Gasteiger partial charge in [-0.3, -0.25) is 9.59 Å². The molecule has 2 aromatic rings. The van der Waals surface area contributed by atoms with Crippen LogP contribution in [0.25, 0.3) is 12.2 Å². The number of benzene rings is 2. The highest BCUT2D eigenvalue weighted by atomic mass is 16.2. The fourth-order valence-corrected chi connectivity index (χ4v) is 3.38. The number of carbonyl (C=O) groups excluding carboxylic acids is 2. The molecule has 0 radical (unpaired) electrons. The highest BCUT2D eigenvalue weighted by Crippen LogP contribution is 2.41. The van der Waals surface area contributed by atoms with Crippen LogP contribution >= 0.6 is 0 Å². The predicted octanol–water partition coefficient (Wildman–Crippen LogP) is 5.11. The number of hydrogen-bond acceptors (Lipinski definition) is 2. The first-order valence-electron chi connectivity index (χ1n) is 8.76. The molecule has 0 spiro atoms. The average molecular weight is 330 g/mol. The van der Waals surface area contributed by atoms with Crippen molar-refractivity contribution >= 4 is 23.7 Å². The molecule has 0 aliphatic heterocycles. The summed E-state index contributed by atoms with van der Waals surface area (Å²) in [6.45, 7) is 0. The molecule has 2 aromatic carbocycles. The average Bonchev–Trinajstić information content (AvgIpc) is 3.17. The van der Waals surface area contributed by atoms with Crippen molar-refractivity contribution in [2.45, 2.75) is 25.7 Å². The molecule has 0 amide bonds. The van der Waals surface area contributed by atoms with Crippen LogP contribution in [-0.2, 0) is 9.59 Å². The smallest absolute Gasteiger partial charge is 0.169 e. The van der Waals surface area contributed by atoms with E-state index < -0.39 is 5.41 Å². The molecule has 1 aliphatic carbocycles. The number of allylic oxidation sites excluding steroid dienone is 2. The van der Waals surface area contributed by atoms with Crippen molar-refractivity contribution in [2.24, 2.45) is 5.41 Å². The van der Waals surface area contributed by atoms with Crippen LogP contribution in [0, 0.1) is 5.41 Å². The maximum Gasteiger partial charge on any atom is 0.169 e. The van der Waals surface area contributed by atoms with E-state index in [0.29, 0.717) is 12.8 Å². The Kier molecular flexibility index (Phi) is 5.39. The summed E-state index contributed by atoms with van der Waals surface area (Å²) in [4.78, 5) is 25.7. The van der Waals surface area contributed by atoms with Gasteiger partial charge >= 0.3 is 0 Å². The second-order valence-corrected chi connectivity index (χ2v) is 6.51. The molecule has 25 heavy (non-hydrogen) atoms. The summed E-state index contributed by atoms with van der Waals surface area (Å²) >= 11 is 0. The molecule has 0 atom stereocenters. The van der Waals surface area contributed by atoms with E-state index in [1.54, 1.807) is 24.3 Å². The maximum absolute atomic E-state index is 12.9. The van der Waals surface area contributed by atoms with Crippen LogP contribution < -0.4 is 0 Å². The quantitative estimate of drug-likeness (QED) is 0.545. The third-order valence-electron chi connectivity index (χ3n) is 4.85. The summed E-state index contributed by atoms with van der Waals surface area (Å²) < 4.78 is 0. The van der Waals surface area contributed by atoms with E-state index in [4.69, 9.17) is 0 Å². The van der Waals surface area contributed by atoms with Gasteiger partial charge in [0.2, 0.25) is 0 Å². The lowest BCUT2D eigenvalue weighted by atomic mass is 9.77. The third-order valence-corrected chi connectivity index (χ3v) is 4.85. The molecule has 2 nitrogen and oxygen atoms in total. The van der Waals surface area contributed by atoms with Crippen molar-refractivity contribution in [2.75, 3.05) is 0 Å². The van der Waals surface area contributed by atoms with Gasteiger partial charge in [0.25, 0.3) is 0 Å². The summed E-state index contributed by atoms with van der Waals surface area (Å²) in [5.74, 6) is -0.145. The Morgan fingerprint density at radius 3 is 1.48 bits per heavy atom. The minimum absolute atomic E-state index is 0.0726. The minimum atomic E-state index is -0.878. The van der Waals surface area contributed by atoms with E-state index in [9.17, 15) is 9.59 Å². The first-order chi connectivity index (χ1) is 12.2. The van der Waals surface area contributed by atoms with E-state index in [2.05, 4.69) is 0 Å². The van der Waals surface area contributed by atoms with E-state index in [-0.39, 0.29) is 11.6 Å². The Bertz CT molecular complexity index is 716. The van der Waals surface area contributed by atoms with Gasteiger partial charge in [-0.05, 0) is 36.1 Å². The van der Waals surface area contributed by atoms with Gasteiger partial charge in [-0.1, -0.05) is 85.7 Å². The highest BCUT2D eigenvalue weighted by molar-refractivity contribution is 6.17. The normalized spacial score (nSPS) is 16.5. The van der Waals surface area contributed by atoms with Crippen LogP contribution in [0.2, 0.25) is 0 Å². The van der Waals surface area contributed by atoms with Gasteiger partial charge in [0.1, 0.15) is 0 Å². The zero-order valence-electron chi connectivity index (χ0n) is 14.2. The summed E-state index contributed by atoms with van der Waals surface area (Å²) in [5, 5.41) is 0. The van der Waals surface area contributed by atoms with E-state index in [0.717, 1.165) is 24.0 Å². The number of rotatable bonds is 6. The zero-order chi connectivity index (χ0) is 17.5. The Hall–Kier alpha value is -2.74. The molecular weight excluding hydrogens is 308 g/mol. The monoisotopic (exact) mass is 330 g/mol. The number of ketones is 2. The van der Waals surface area contributed by atoms with E-state index >= 15 is 0 Å². The lowest BCUT2D eigenvalue weighted by Crippen LogP contribution is -2.34. The number of carbonyl (C=O) groups is 2. The van der Waals surface area contributed by atoms with E-state index in [1.165, 1.54) is 0 Å². The third kappa shape index (κ3) is 4.03. The molecule has 1 saturated carbocycles. The Morgan fingerprint density at radius 1 is 0.680 bits per heavy atom. The van der Waals surface area contributed by atoms with Gasteiger partial charge < -0.3 is 0 Å².